The van der Waals surface area contributed by atoms with Crippen molar-refractivity contribution in [2.24, 2.45) is 0 Å². The molecule has 2 saturated heterocycles. The fourth-order valence-electron chi connectivity index (χ4n) is 7.39. The van der Waals surface area contributed by atoms with E-state index in [1.54, 1.807) is 18.2 Å². The van der Waals surface area contributed by atoms with Gasteiger partial charge in [0.25, 0.3) is 0 Å². The summed E-state index contributed by atoms with van der Waals surface area (Å²) in [6.07, 6.45) is -8.47. The molecule has 2 aliphatic heterocycles. The summed E-state index contributed by atoms with van der Waals surface area (Å²) < 4.78 is 72.1. The predicted molar refractivity (Wildman–Crippen MR) is 259 cm³/mol. The molecule has 0 spiro atoms. The first-order valence-electron chi connectivity index (χ1n) is 22.5. The topological polar surface area (TPSA) is 236 Å². The molecule has 0 bridgehead atoms. The summed E-state index contributed by atoms with van der Waals surface area (Å²) in [6, 6.07) is 16.5. The first-order chi connectivity index (χ1) is 31.7. The van der Waals surface area contributed by atoms with Crippen molar-refractivity contribution in [2.45, 2.75) is 139 Å². The second-order valence-electron chi connectivity index (χ2n) is 20.0. The standard InChI is InChI=1S/C46H65ClN4O14SSi2/c1-27(52)60-23-36(63-28(2)53)41(56)40(55)35(54)22-48-66(57,58)32-17-15-30(16-18-32)29-11-13-31(14-12-29)39-33(47)21-34-44(49-39)50-45(51(34)26-59-19-20-67(6,7)8)64-37-24-61-43-38(25-62-42(37)43)65-68(9,10)46(3,4)5/h11-18,21,35-38,40-43,48,54-56H,19-20,22-26H2,1-10H3/t35-,36+,37+,38?,40+,41+,42+,43+/m0/s1. The number of pyridine rings is 1. The monoisotopic (exact) mass is 1020 g/mol. The maximum Gasteiger partial charge on any atom is 0.303 e. The highest BCUT2D eigenvalue weighted by molar-refractivity contribution is 7.89. The number of nitrogens with one attached hydrogen (secondary N) is 1. The predicted octanol–water partition coefficient (Wildman–Crippen LogP) is 5.52. The molecule has 374 valence electrons. The quantitative estimate of drug-likeness (QED) is 0.0457. The van der Waals surface area contributed by atoms with Crippen LogP contribution in [0.1, 0.15) is 34.6 Å². The van der Waals surface area contributed by atoms with E-state index in [0.29, 0.717) is 58.8 Å². The number of fused-ring (bicyclic) bond motifs is 2. The molecule has 2 fully saturated rings. The van der Waals surface area contributed by atoms with Gasteiger partial charge in [-0.25, -0.2) is 18.1 Å². The lowest BCUT2D eigenvalue weighted by Gasteiger charge is -2.39. The second kappa shape index (κ2) is 21.7. The minimum Gasteiger partial charge on any atom is -0.462 e. The van der Waals surface area contributed by atoms with Crippen LogP contribution in [0, 0.1) is 0 Å². The smallest absolute Gasteiger partial charge is 0.303 e. The average Bonchev–Trinajstić information content (AvgIpc) is 3.95. The zero-order chi connectivity index (χ0) is 49.9. The molecule has 18 nitrogen and oxygen atoms in total. The van der Waals surface area contributed by atoms with Crippen molar-refractivity contribution < 1.29 is 66.2 Å². The van der Waals surface area contributed by atoms with Crippen molar-refractivity contribution in [1.29, 1.82) is 0 Å². The van der Waals surface area contributed by atoms with E-state index >= 15 is 0 Å². The number of esters is 2. The number of ether oxygens (including phenoxy) is 6. The highest BCUT2D eigenvalue weighted by Gasteiger charge is 2.52. The van der Waals surface area contributed by atoms with Gasteiger partial charge in [-0.3, -0.25) is 14.2 Å². The Morgan fingerprint density at radius 1 is 0.882 bits per heavy atom. The van der Waals surface area contributed by atoms with Crippen molar-refractivity contribution in [3.63, 3.8) is 0 Å². The number of halogens is 1. The highest BCUT2D eigenvalue weighted by Crippen LogP contribution is 2.41. The van der Waals surface area contributed by atoms with Gasteiger partial charge < -0.3 is 48.2 Å². The lowest BCUT2D eigenvalue weighted by Crippen LogP contribution is -2.51. The zero-order valence-corrected chi connectivity index (χ0v) is 43.8. The van der Waals surface area contributed by atoms with Crippen molar-refractivity contribution >= 4 is 61.1 Å². The number of hydrogen-bond acceptors (Lipinski definition) is 16. The molecule has 2 aliphatic rings. The Morgan fingerprint density at radius 2 is 1.47 bits per heavy atom. The van der Waals surface area contributed by atoms with Gasteiger partial charge in [0.15, 0.2) is 26.2 Å². The maximum absolute atomic E-state index is 13.1. The van der Waals surface area contributed by atoms with Gasteiger partial charge in [-0.05, 0) is 53.5 Å². The van der Waals surface area contributed by atoms with Crippen molar-refractivity contribution in [3.8, 4) is 28.4 Å². The summed E-state index contributed by atoms with van der Waals surface area (Å²) in [7, 11) is -7.65. The van der Waals surface area contributed by atoms with E-state index in [9.17, 15) is 33.3 Å². The number of aliphatic hydroxyl groups is 3. The summed E-state index contributed by atoms with van der Waals surface area (Å²) in [5, 5.41) is 31.9. The SMILES string of the molecule is CC(=O)OC[C@@H](OC(C)=O)[C@@H](O)[C@H](O)[C@@H](O)CNS(=O)(=O)c1ccc(-c2ccc(-c3nc4nc(O[C@@H]5CO[C@@H]6C(O[Si](C)(C)C(C)(C)C)CO[C@@H]65)n(COCC[Si](C)(C)C)c4cc3Cl)cc2)cc1. The van der Waals surface area contributed by atoms with Gasteiger partial charge in [0.05, 0.1) is 46.6 Å². The molecule has 68 heavy (non-hydrogen) atoms. The first kappa shape index (κ1) is 53.5. The van der Waals surface area contributed by atoms with E-state index in [-0.39, 0.29) is 35.0 Å². The lowest BCUT2D eigenvalue weighted by molar-refractivity contribution is -0.173. The van der Waals surface area contributed by atoms with E-state index in [4.69, 9.17) is 54.4 Å². The Hall–Kier alpha value is -3.85. The van der Waals surface area contributed by atoms with Gasteiger partial charge in [0.1, 0.15) is 37.8 Å². The van der Waals surface area contributed by atoms with Crippen molar-refractivity contribution in [3.05, 3.63) is 59.6 Å². The number of nitrogens with zero attached hydrogens (tertiary/aromatic N) is 3. The highest BCUT2D eigenvalue weighted by atomic mass is 35.5. The molecule has 2 aromatic carbocycles. The minimum atomic E-state index is -4.20. The second-order valence-corrected chi connectivity index (χ2v) is 32.5. The Kier molecular flexibility index (Phi) is 17.0. The molecular weight excluding hydrogens is 956 g/mol. The van der Waals surface area contributed by atoms with Crippen LogP contribution in [0.4, 0.5) is 0 Å². The van der Waals surface area contributed by atoms with Crippen LogP contribution in [0.25, 0.3) is 33.5 Å². The number of hydrogen-bond donors (Lipinski definition) is 4. The molecule has 0 radical (unpaired) electrons. The molecule has 0 amide bonds. The minimum absolute atomic E-state index is 0.0316. The van der Waals surface area contributed by atoms with Crippen LogP contribution in [0.15, 0.2) is 59.5 Å². The third kappa shape index (κ3) is 13.1. The molecule has 0 aliphatic carbocycles. The summed E-state index contributed by atoms with van der Waals surface area (Å²) in [5.74, 6) is -1.57. The number of aromatic nitrogens is 3. The molecule has 1 unspecified atom stereocenters. The molecule has 0 saturated carbocycles. The van der Waals surface area contributed by atoms with E-state index < -0.39 is 82.0 Å². The van der Waals surface area contributed by atoms with Crippen LogP contribution < -0.4 is 9.46 Å². The lowest BCUT2D eigenvalue weighted by atomic mass is 10.0. The van der Waals surface area contributed by atoms with E-state index in [1.165, 1.54) is 12.1 Å². The third-order valence-electron chi connectivity index (χ3n) is 12.4. The van der Waals surface area contributed by atoms with Crippen LogP contribution in [0.2, 0.25) is 48.8 Å². The normalized spacial score (nSPS) is 20.7. The molecule has 6 rings (SSSR count). The van der Waals surface area contributed by atoms with E-state index in [0.717, 1.165) is 25.5 Å². The third-order valence-corrected chi connectivity index (χ3v) is 20.3. The number of rotatable bonds is 21. The molecule has 2 aromatic heterocycles. The maximum atomic E-state index is 13.1. The summed E-state index contributed by atoms with van der Waals surface area (Å²) in [5.41, 5.74) is 3.72. The molecule has 22 heteroatoms. The van der Waals surface area contributed by atoms with Gasteiger partial charge in [-0.2, -0.15) is 4.98 Å². The van der Waals surface area contributed by atoms with Crippen LogP contribution in [0.5, 0.6) is 6.01 Å². The molecule has 8 atom stereocenters. The summed E-state index contributed by atoms with van der Waals surface area (Å²) in [4.78, 5) is 32.3. The first-order valence-corrected chi connectivity index (χ1v) is 31.0. The van der Waals surface area contributed by atoms with Crippen molar-refractivity contribution in [1.82, 2.24) is 19.3 Å². The summed E-state index contributed by atoms with van der Waals surface area (Å²) in [6.45, 7) is 20.3. The molecular formula is C46H65ClN4O14SSi2. The van der Waals surface area contributed by atoms with Crippen LogP contribution in [0.3, 0.4) is 0 Å². The van der Waals surface area contributed by atoms with Gasteiger partial charge in [-0.15, -0.1) is 0 Å². The average molecular weight is 1020 g/mol. The fourth-order valence-corrected chi connectivity index (χ4v) is 10.8. The Morgan fingerprint density at radius 3 is 2.06 bits per heavy atom. The zero-order valence-electron chi connectivity index (χ0n) is 40.2. The number of carbonyl (C=O) groups is 2. The Balaban J connectivity index is 1.15. The van der Waals surface area contributed by atoms with Gasteiger partial charge in [0, 0.05) is 40.6 Å². The van der Waals surface area contributed by atoms with Gasteiger partial charge >= 0.3 is 17.9 Å². The molecule has 4 heterocycles. The van der Waals surface area contributed by atoms with Crippen LogP contribution in [-0.4, -0.2) is 148 Å². The van der Waals surface area contributed by atoms with Crippen LogP contribution in [-0.2, 0) is 54.5 Å². The van der Waals surface area contributed by atoms with E-state index in [1.807, 2.05) is 28.8 Å². The van der Waals surface area contributed by atoms with E-state index in [2.05, 4.69) is 58.2 Å². The number of benzene rings is 2. The Labute approximate surface area is 404 Å². The molecule has 4 aromatic rings. The number of imidazole rings is 1. The van der Waals surface area contributed by atoms with Gasteiger partial charge in [-0.1, -0.05) is 88.4 Å². The summed E-state index contributed by atoms with van der Waals surface area (Å²) >= 11 is 6.96. The largest absolute Gasteiger partial charge is 0.462 e. The Bertz CT molecular complexity index is 2500. The number of sulfonamides is 1. The molecule has 4 N–H and O–H groups in total. The van der Waals surface area contributed by atoms with Crippen LogP contribution >= 0.6 is 11.6 Å². The van der Waals surface area contributed by atoms with Gasteiger partial charge in [0.2, 0.25) is 10.0 Å². The van der Waals surface area contributed by atoms with Crippen molar-refractivity contribution in [2.75, 3.05) is 33.0 Å². The fraction of sp³-hybridized carbons (Fsp3) is 0.565. The number of aliphatic hydroxyl groups excluding tert-OH is 3. The number of carbonyl (C=O) groups excluding carboxylic acids is 2.